The molecule has 140 heavy (non-hydrogen) atoms. The van der Waals surface area contributed by atoms with Gasteiger partial charge in [0.25, 0.3) is 11.6 Å². The van der Waals surface area contributed by atoms with Crippen molar-refractivity contribution in [2.45, 2.75) is 377 Å². The van der Waals surface area contributed by atoms with E-state index in [4.69, 9.17) is 115 Å². The van der Waals surface area contributed by atoms with Crippen molar-refractivity contribution in [3.05, 3.63) is 0 Å². The molecule has 8 rings (SSSR count). The predicted molar refractivity (Wildman–Crippen MR) is 509 cm³/mol. The Morgan fingerprint density at radius 3 is 1.19 bits per heavy atom. The summed E-state index contributed by atoms with van der Waals surface area (Å²) in [6, 6.07) is 0. The molecule has 8 saturated heterocycles. The molecule has 8 fully saturated rings. The highest BCUT2D eigenvalue weighted by Gasteiger charge is 2.58. The average molecular weight is 2160 g/mol. The number of carbonyl (C=O) groups is 9. The first-order chi connectivity index (χ1) is 64.4. The van der Waals surface area contributed by atoms with Crippen LogP contribution in [-0.2, 0) is 143 Å². The number of carbonyl (C=O) groups excluding carboxylic acids is 7. The number of aliphatic carboxylic acids is 2. The Labute approximate surface area is 843 Å². The van der Waals surface area contributed by atoms with Crippen LogP contribution in [-0.4, -0.2) is 370 Å². The van der Waals surface area contributed by atoms with Gasteiger partial charge in [-0.25, -0.2) is 24.0 Å². The minimum atomic E-state index is -2.07. The maximum Gasteiger partial charge on any atom is 0.366 e. The Hall–Kier alpha value is -4.81. The summed E-state index contributed by atoms with van der Waals surface area (Å²) in [6.45, 7) is 50.3. The van der Waals surface area contributed by atoms with Gasteiger partial charge in [-0.1, -0.05) is 157 Å². The number of carboxylic acid groups (broad SMARTS) is 2. The number of aliphatic hydroxyl groups excluding tert-OH is 11. The largest absolute Gasteiger partial charge is 0.479 e. The molecule has 0 radical (unpaired) electrons. The van der Waals surface area contributed by atoms with Gasteiger partial charge in [0.05, 0.1) is 59.0 Å². The first-order valence-electron chi connectivity index (χ1n) is 47.4. The van der Waals surface area contributed by atoms with Crippen molar-refractivity contribution in [3.63, 3.8) is 0 Å². The van der Waals surface area contributed by atoms with E-state index in [1.165, 1.54) is 49.0 Å². The van der Waals surface area contributed by atoms with Crippen LogP contribution >= 0.6 is 31.9 Å². The van der Waals surface area contributed by atoms with Gasteiger partial charge in [0, 0.05) is 97.9 Å². The molecular formula is C95H174Br2O43. The lowest BCUT2D eigenvalue weighted by atomic mass is 9.79. The highest BCUT2D eigenvalue weighted by Crippen LogP contribution is 2.45. The Bertz CT molecular complexity index is 3520. The van der Waals surface area contributed by atoms with Gasteiger partial charge in [-0.2, -0.15) is 0 Å². The quantitative estimate of drug-likeness (QED) is 0.0211. The van der Waals surface area contributed by atoms with Crippen molar-refractivity contribution in [2.24, 2.45) is 88.8 Å². The van der Waals surface area contributed by atoms with Gasteiger partial charge in [0.1, 0.15) is 90.4 Å². The summed E-state index contributed by atoms with van der Waals surface area (Å²) in [5.41, 5.74) is 0. The second-order valence-electron chi connectivity index (χ2n) is 36.0. The van der Waals surface area contributed by atoms with E-state index in [0.717, 1.165) is 0 Å². The number of hydrogen-bond donors (Lipinski definition) is 13. The SMILES string of the molecule is C.C.CC(=O)OCC1O[C@H](Br)C(C)[C@@H](C)[C@H]1C.CCO[C@@H]1OC(C(=O)O)[C@@H](O)[C@H](O)C1O.CCO[C@@H]1OC(C(=O)OC)[C@@H](C)[C@H](C)C1C.CCO[C@@H]1OC(CO)[C@H](O)[C@H](O)C1O.CCO[C@@H]1OC(COC(C)=O)[C@H](C)[C@H](C)C1C.CCO[C@]1(C(=O)O)C[C@@H](O)[C@@H](C)C([C@H](O)[C@H](O)CO)O1.CCO[C@]1(C(=O)OC)C[C@@H](C)[C@@H](C)C([C@H](OC(C)=O)[C@@H](CC)OC(C)=O)O1.COC(=O)C1O[C@H](Br)C(C)[C@@H](C)[C@@H]1C. The van der Waals surface area contributed by atoms with Gasteiger partial charge in [-0.3, -0.25) is 19.2 Å². The molecule has 826 valence electrons. The summed E-state index contributed by atoms with van der Waals surface area (Å²) in [4.78, 5) is 102. The van der Waals surface area contributed by atoms with E-state index in [-0.39, 0.29) is 129 Å². The van der Waals surface area contributed by atoms with Crippen molar-refractivity contribution in [2.75, 3.05) is 87.4 Å². The van der Waals surface area contributed by atoms with Gasteiger partial charge in [-0.05, 0) is 119 Å². The molecule has 0 aliphatic carbocycles. The van der Waals surface area contributed by atoms with E-state index in [9.17, 15) is 94.2 Å². The third-order valence-corrected chi connectivity index (χ3v) is 28.9. The van der Waals surface area contributed by atoms with Crippen LogP contribution < -0.4 is 0 Å². The van der Waals surface area contributed by atoms with Crippen molar-refractivity contribution in [1.29, 1.82) is 0 Å². The number of halogens is 2. The maximum absolute atomic E-state index is 12.5. The molecule has 13 N–H and O–H groups in total. The zero-order valence-electron chi connectivity index (χ0n) is 85.6. The highest BCUT2D eigenvalue weighted by atomic mass is 79.9. The van der Waals surface area contributed by atoms with Crippen LogP contribution in [0.5, 0.6) is 0 Å². The Balaban J connectivity index is 0. The number of carboxylic acids is 2. The van der Waals surface area contributed by atoms with Crippen LogP contribution in [0.2, 0.25) is 0 Å². The molecular weight excluding hydrogens is 1990 g/mol. The second-order valence-corrected chi connectivity index (χ2v) is 37.8. The van der Waals surface area contributed by atoms with Crippen LogP contribution in [0.1, 0.15) is 214 Å². The highest BCUT2D eigenvalue weighted by molar-refractivity contribution is 9.09. The van der Waals surface area contributed by atoms with Crippen LogP contribution in [0, 0.1) is 88.8 Å². The van der Waals surface area contributed by atoms with Crippen molar-refractivity contribution < 1.29 is 209 Å². The van der Waals surface area contributed by atoms with E-state index in [1.807, 2.05) is 48.5 Å². The van der Waals surface area contributed by atoms with Gasteiger partial charge >= 0.3 is 53.7 Å². The van der Waals surface area contributed by atoms with Gasteiger partial charge in [0.15, 0.2) is 49.6 Å². The number of aliphatic hydroxyl groups is 11. The van der Waals surface area contributed by atoms with E-state index in [0.29, 0.717) is 99.1 Å². The Kier molecular flexibility index (Phi) is 65.9. The molecule has 42 atom stereocenters. The van der Waals surface area contributed by atoms with Gasteiger partial charge in [-0.15, -0.1) is 0 Å². The summed E-state index contributed by atoms with van der Waals surface area (Å²) in [6.07, 6.45) is -22.1. The van der Waals surface area contributed by atoms with E-state index in [2.05, 4.69) is 101 Å². The molecule has 0 aromatic heterocycles. The molecule has 0 saturated carbocycles. The van der Waals surface area contributed by atoms with Crippen LogP contribution in [0.15, 0.2) is 0 Å². The molecule has 8 heterocycles. The number of esters is 7. The van der Waals surface area contributed by atoms with Gasteiger partial charge < -0.3 is 166 Å². The smallest absolute Gasteiger partial charge is 0.366 e. The Morgan fingerprint density at radius 2 is 0.779 bits per heavy atom. The molecule has 8 aliphatic heterocycles. The van der Waals surface area contributed by atoms with Crippen LogP contribution in [0.25, 0.3) is 0 Å². The fourth-order valence-corrected chi connectivity index (χ4v) is 18.0. The molecule has 0 amide bonds. The third kappa shape index (κ3) is 40.0. The topological polar surface area (TPSA) is 610 Å². The third-order valence-electron chi connectivity index (χ3n) is 26.8. The molecule has 0 bridgehead atoms. The molecule has 14 unspecified atom stereocenters. The molecule has 0 aromatic rings. The molecule has 0 aromatic carbocycles. The number of rotatable bonds is 30. The van der Waals surface area contributed by atoms with Crippen molar-refractivity contribution in [1.82, 2.24) is 0 Å². The molecule has 45 heteroatoms. The summed E-state index contributed by atoms with van der Waals surface area (Å²) in [5, 5.41) is 121. The molecule has 0 spiro atoms. The monoisotopic (exact) mass is 2160 g/mol. The van der Waals surface area contributed by atoms with E-state index < -0.39 is 177 Å². The van der Waals surface area contributed by atoms with Crippen molar-refractivity contribution in [3.8, 4) is 0 Å². The van der Waals surface area contributed by atoms with E-state index in [1.54, 1.807) is 34.6 Å². The first-order valence-corrected chi connectivity index (χ1v) is 49.2. The molecule has 43 nitrogen and oxygen atoms in total. The first kappa shape index (κ1) is 137. The molecule has 8 aliphatic rings. The summed E-state index contributed by atoms with van der Waals surface area (Å²) >= 11 is 6.94. The second kappa shape index (κ2) is 67.2. The fourth-order valence-electron chi connectivity index (χ4n) is 16.5. The Morgan fingerprint density at radius 1 is 0.393 bits per heavy atom. The maximum atomic E-state index is 12.5. The predicted octanol–water partition coefficient (Wildman–Crippen LogP) is 6.35. The number of methoxy groups -OCH3 is 3. The van der Waals surface area contributed by atoms with Crippen LogP contribution in [0.4, 0.5) is 0 Å². The lowest BCUT2D eigenvalue weighted by molar-refractivity contribution is -0.316. The zero-order chi connectivity index (χ0) is 106. The lowest BCUT2D eigenvalue weighted by Crippen LogP contribution is -2.61. The summed E-state index contributed by atoms with van der Waals surface area (Å²) in [5.74, 6) is -5.44. The standard InChI is InChI=1S/C19H32O8.C13H24O4.C12H22O8.C12H22O4.C11H19BrO3.C10H17BrO3.C8H14O7.C8H16O6.2CH4/c1-8-15(25-13(5)20)17(26-14(6)21)16-12(4)11(3)10-19(27-16,24-9-2)18(22)23-7;1-6-15-13-10(4)8(2)9(3)12(17-13)7-16-11(5)14;1-3-19-12(11(17)18)4-7(14)6(2)10(20-12)9(16)8(15)5-13;1-6-15-12-9(4)7(2)8(3)10(16-12)11(13)14-5;1-6-7(2)10(5-14-9(4)13)15-11(12)8(6)3;1-5-6(2)8(10(12)13-4)14-9(11)7(5)3;1-2-14-8-5(11)3(9)4(10)6(15-8)7(12)13;1-2-13-8-7(12)6(11)5(10)4(3-9)14-8;;/h11-12,15-17H,8-10H2,1-7H3;8-10,12-13H,6-7H2,1-5H3;6-10,13-16H,3-5H2,1-2H3,(H,17,18);7-10,12H,6H2,1-5H3;6-8,10-11H,5H2,1-4H3;5-9H,1-4H3;3-6,8-11H,2H2,1H3,(H,12,13);4-12H,2-3H2,1H3;2*1H4/t11-,12-,15-,16?,17-,19-;8-,9+,10?,12?,13+;6-,7-,8-,9-,10?,12-;7-,8-,9?,10?,12+;6-,7+,8?,10?,11-;5-,6-,7?,8?,9-;3-,4-,5?,6?,8+;4?,5-,6-,7?,8+;;/m10100000../s1. The lowest BCUT2D eigenvalue weighted by Gasteiger charge is -2.47. The average Bonchev–Trinajstić information content (AvgIpc) is 0.756. The summed E-state index contributed by atoms with van der Waals surface area (Å²) in [7, 11) is 4.04. The zero-order valence-corrected chi connectivity index (χ0v) is 88.8. The number of hydrogen-bond acceptors (Lipinski definition) is 41. The summed E-state index contributed by atoms with van der Waals surface area (Å²) < 4.78 is 111. The minimum Gasteiger partial charge on any atom is -0.479 e. The minimum absolute atomic E-state index is 0. The van der Waals surface area contributed by atoms with E-state index >= 15 is 0 Å². The fraction of sp³-hybridized carbons (Fsp3) is 0.905. The van der Waals surface area contributed by atoms with Crippen LogP contribution in [0.3, 0.4) is 0 Å². The van der Waals surface area contributed by atoms with Gasteiger partial charge in [0.2, 0.25) is 0 Å². The normalized spacial score (nSPS) is 37.8. The van der Waals surface area contributed by atoms with Crippen molar-refractivity contribution >= 4 is 85.6 Å². The number of ether oxygens (including phenoxy) is 21. The number of alkyl halides is 2.